The zero-order valence-electron chi connectivity index (χ0n) is 20.7. The molecule has 2 aromatic heterocycles. The number of nitrogens with one attached hydrogen (secondary N) is 2. The molecule has 0 saturated carbocycles. The van der Waals surface area contributed by atoms with Crippen LogP contribution in [-0.2, 0) is 14.4 Å². The maximum atomic E-state index is 13.4. The number of anilines is 1. The highest BCUT2D eigenvalue weighted by molar-refractivity contribution is 9.10. The summed E-state index contributed by atoms with van der Waals surface area (Å²) >= 11 is 15.8. The fraction of sp³-hybridized carbons (Fsp3) is 0.292. The molecule has 0 aliphatic carbocycles. The average Bonchev–Trinajstić information content (AvgIpc) is 3.49. The van der Waals surface area contributed by atoms with Gasteiger partial charge in [-0.3, -0.25) is 19.2 Å². The van der Waals surface area contributed by atoms with Crippen LogP contribution in [0.2, 0.25) is 10.0 Å². The van der Waals surface area contributed by atoms with Crippen LogP contribution in [0.4, 0.5) is 5.69 Å². The number of hydrogen-bond donors (Lipinski definition) is 2. The molecule has 15 heteroatoms. The molecule has 1 fully saturated rings. The monoisotopic (exact) mass is 640 g/mol. The number of benzene rings is 1. The van der Waals surface area contributed by atoms with Gasteiger partial charge in [0.25, 0.3) is 17.7 Å². The number of hydroxylamine groups is 2. The lowest BCUT2D eigenvalue weighted by Crippen LogP contribution is -2.43. The van der Waals surface area contributed by atoms with E-state index < -0.39 is 23.8 Å². The third kappa shape index (κ3) is 6.50. The molecule has 1 aromatic carbocycles. The summed E-state index contributed by atoms with van der Waals surface area (Å²) in [6, 6.07) is 6.59. The van der Waals surface area contributed by atoms with Crippen molar-refractivity contribution in [2.24, 2.45) is 0 Å². The minimum Gasteiger partial charge on any atom is -0.480 e. The predicted octanol–water partition coefficient (Wildman–Crippen LogP) is 3.51. The highest BCUT2D eigenvalue weighted by atomic mass is 79.9. The van der Waals surface area contributed by atoms with Gasteiger partial charge in [-0.05, 0) is 47.1 Å². The van der Waals surface area contributed by atoms with Crippen LogP contribution in [0.5, 0.6) is 5.88 Å². The van der Waals surface area contributed by atoms with Crippen LogP contribution >= 0.6 is 39.1 Å². The van der Waals surface area contributed by atoms with Crippen LogP contribution in [0.15, 0.2) is 41.0 Å². The first-order valence-electron chi connectivity index (χ1n) is 11.6. The number of amides is 3. The molecule has 0 bridgehead atoms. The first-order valence-corrected chi connectivity index (χ1v) is 13.2. The van der Waals surface area contributed by atoms with E-state index in [2.05, 4.69) is 36.6 Å². The maximum absolute atomic E-state index is 13.4. The molecule has 12 nitrogen and oxygen atoms in total. The Morgan fingerprint density at radius 2 is 2.05 bits per heavy atom. The molecule has 1 atom stereocenters. The molecular weight excluding hydrogens is 619 g/mol. The molecule has 1 saturated heterocycles. The summed E-state index contributed by atoms with van der Waals surface area (Å²) in [5.74, 6) is -1.37. The first kappa shape index (κ1) is 28.8. The lowest BCUT2D eigenvalue weighted by Gasteiger charge is -2.16. The highest BCUT2D eigenvalue weighted by Gasteiger charge is 2.35. The number of halogens is 3. The van der Waals surface area contributed by atoms with E-state index >= 15 is 0 Å². The van der Waals surface area contributed by atoms with Gasteiger partial charge in [-0.15, -0.1) is 5.10 Å². The number of aromatic nitrogens is 3. The molecule has 206 valence electrons. The Kier molecular flexibility index (Phi) is 9.40. The third-order valence-electron chi connectivity index (χ3n) is 5.50. The fourth-order valence-corrected chi connectivity index (χ4v) is 4.76. The first-order chi connectivity index (χ1) is 18.7. The Bertz CT molecular complexity index is 1400. The van der Waals surface area contributed by atoms with Crippen LogP contribution in [0.1, 0.15) is 27.8 Å². The van der Waals surface area contributed by atoms with Gasteiger partial charge in [0.1, 0.15) is 18.3 Å². The van der Waals surface area contributed by atoms with E-state index in [1.165, 1.54) is 36.2 Å². The zero-order chi connectivity index (χ0) is 28.1. The fourth-order valence-electron chi connectivity index (χ4n) is 3.65. The lowest BCUT2D eigenvalue weighted by molar-refractivity contribution is -0.164. The van der Waals surface area contributed by atoms with Crippen LogP contribution < -0.4 is 15.4 Å². The highest BCUT2D eigenvalue weighted by Crippen LogP contribution is 2.32. The van der Waals surface area contributed by atoms with E-state index in [1.807, 2.05) is 6.92 Å². The molecule has 3 aromatic rings. The van der Waals surface area contributed by atoms with Crippen molar-refractivity contribution in [2.45, 2.75) is 13.0 Å². The minimum atomic E-state index is -0.933. The van der Waals surface area contributed by atoms with Gasteiger partial charge in [-0.1, -0.05) is 23.2 Å². The van der Waals surface area contributed by atoms with Crippen LogP contribution in [-0.4, -0.2) is 77.1 Å². The number of rotatable bonds is 10. The van der Waals surface area contributed by atoms with Crippen molar-refractivity contribution in [1.82, 2.24) is 25.1 Å². The molecule has 1 unspecified atom stereocenters. The molecule has 3 heterocycles. The molecular formula is C24H23BrCl2N6O6. The van der Waals surface area contributed by atoms with E-state index in [0.29, 0.717) is 17.7 Å². The molecule has 1 aliphatic rings. The number of pyridine rings is 1. The zero-order valence-corrected chi connectivity index (χ0v) is 23.8. The summed E-state index contributed by atoms with van der Waals surface area (Å²) < 4.78 is 12.0. The second-order valence-corrected chi connectivity index (χ2v) is 9.71. The van der Waals surface area contributed by atoms with Crippen molar-refractivity contribution in [3.63, 3.8) is 0 Å². The molecule has 39 heavy (non-hydrogen) atoms. The molecule has 2 N–H and O–H groups in total. The minimum absolute atomic E-state index is 0.0113. The summed E-state index contributed by atoms with van der Waals surface area (Å²) in [6.45, 7) is 2.81. The van der Waals surface area contributed by atoms with Crippen molar-refractivity contribution < 1.29 is 28.7 Å². The second-order valence-electron chi connectivity index (χ2n) is 8.02. The van der Waals surface area contributed by atoms with E-state index in [0.717, 1.165) is 5.06 Å². The number of nitrogens with zero attached hydrogens (tertiary/aromatic N) is 4. The predicted molar refractivity (Wildman–Crippen MR) is 145 cm³/mol. The molecule has 3 amide bonds. The SMILES string of the molecule is CCOCCN1OCC(NC(=O)c2cc(Cl)cc(Br)c2NC(=O)c2cc(OC)nn2-c2ncccc2Cl)C1=O. The summed E-state index contributed by atoms with van der Waals surface area (Å²) in [5.41, 5.74) is 0.155. The number of ether oxygens (including phenoxy) is 2. The third-order valence-corrected chi connectivity index (χ3v) is 6.63. The quantitative estimate of drug-likeness (QED) is 0.321. The van der Waals surface area contributed by atoms with Gasteiger partial charge in [-0.25, -0.2) is 14.7 Å². The molecule has 4 rings (SSSR count). The van der Waals surface area contributed by atoms with Gasteiger partial charge in [-0.2, -0.15) is 0 Å². The van der Waals surface area contributed by atoms with E-state index in [9.17, 15) is 14.4 Å². The normalized spacial score (nSPS) is 14.9. The van der Waals surface area contributed by atoms with Gasteiger partial charge in [0.2, 0.25) is 5.88 Å². The van der Waals surface area contributed by atoms with Gasteiger partial charge < -0.3 is 20.1 Å². The summed E-state index contributed by atoms with van der Waals surface area (Å²) in [5, 5.41) is 11.2. The van der Waals surface area contributed by atoms with Crippen molar-refractivity contribution in [3.05, 3.63) is 62.3 Å². The van der Waals surface area contributed by atoms with Gasteiger partial charge >= 0.3 is 0 Å². The van der Waals surface area contributed by atoms with E-state index in [1.54, 1.807) is 12.1 Å². The smallest absolute Gasteiger partial charge is 0.274 e. The number of hydrogen-bond acceptors (Lipinski definition) is 8. The summed E-state index contributed by atoms with van der Waals surface area (Å²) in [4.78, 5) is 49.0. The number of methoxy groups -OCH3 is 1. The molecule has 1 aliphatic heterocycles. The molecule has 0 radical (unpaired) electrons. The van der Waals surface area contributed by atoms with Gasteiger partial charge in [0, 0.05) is 28.4 Å². The largest absolute Gasteiger partial charge is 0.480 e. The van der Waals surface area contributed by atoms with Crippen LogP contribution in [0.3, 0.4) is 0 Å². The lowest BCUT2D eigenvalue weighted by atomic mass is 10.1. The average molecular weight is 642 g/mol. The summed E-state index contributed by atoms with van der Waals surface area (Å²) in [7, 11) is 1.40. The number of carbonyl (C=O) groups excluding carboxylic acids is 3. The Balaban J connectivity index is 1.59. The molecule has 0 spiro atoms. The Labute approximate surface area is 241 Å². The van der Waals surface area contributed by atoms with Crippen molar-refractivity contribution in [1.29, 1.82) is 0 Å². The van der Waals surface area contributed by atoms with E-state index in [-0.39, 0.29) is 51.8 Å². The van der Waals surface area contributed by atoms with Gasteiger partial charge in [0.15, 0.2) is 5.82 Å². The van der Waals surface area contributed by atoms with E-state index in [4.69, 9.17) is 37.5 Å². The van der Waals surface area contributed by atoms with Crippen molar-refractivity contribution >= 4 is 62.5 Å². The number of carbonyl (C=O) groups is 3. The van der Waals surface area contributed by atoms with Gasteiger partial charge in [0.05, 0.1) is 36.5 Å². The standard InChI is InChI=1S/C24H23BrCl2N6O6/c1-3-38-8-7-32-24(36)17(12-39-32)29-22(34)14-9-13(26)10-15(25)20(14)30-23(35)18-11-19(37-2)31-33(18)21-16(27)5-4-6-28-21/h4-6,9-11,17H,3,7-8,12H2,1-2H3,(H,29,34)(H,30,35). The second kappa shape index (κ2) is 12.7. The topological polar surface area (TPSA) is 137 Å². The Morgan fingerprint density at radius 1 is 1.26 bits per heavy atom. The summed E-state index contributed by atoms with van der Waals surface area (Å²) in [6.07, 6.45) is 1.50. The Morgan fingerprint density at radius 3 is 2.77 bits per heavy atom. The van der Waals surface area contributed by atoms with Crippen LogP contribution in [0, 0.1) is 0 Å². The van der Waals surface area contributed by atoms with Crippen molar-refractivity contribution in [3.8, 4) is 11.7 Å². The maximum Gasteiger partial charge on any atom is 0.274 e. The van der Waals surface area contributed by atoms with Crippen LogP contribution in [0.25, 0.3) is 5.82 Å². The van der Waals surface area contributed by atoms with Crippen molar-refractivity contribution in [2.75, 3.05) is 38.8 Å². The Hall–Kier alpha value is -3.23.